The second kappa shape index (κ2) is 11.0. The molecule has 0 spiro atoms. The van der Waals surface area contributed by atoms with Gasteiger partial charge in [-0.3, -0.25) is 0 Å². The predicted octanol–water partition coefficient (Wildman–Crippen LogP) is 1.03. The number of carbonyl (C=O) groups is 3. The molecule has 0 unspecified atom stereocenters. The van der Waals surface area contributed by atoms with Crippen molar-refractivity contribution in [3.8, 4) is 23.0 Å². The summed E-state index contributed by atoms with van der Waals surface area (Å²) < 4.78 is 10.2. The van der Waals surface area contributed by atoms with E-state index in [1.807, 2.05) is 0 Å². The number of benzene rings is 2. The molecule has 0 amide bonds. The number of aliphatic carboxylic acids is 1. The quantitative estimate of drug-likeness (QED) is 0.156. The van der Waals surface area contributed by atoms with Gasteiger partial charge in [0.05, 0.1) is 6.10 Å². The van der Waals surface area contributed by atoms with Crippen molar-refractivity contribution in [1.82, 2.24) is 0 Å². The summed E-state index contributed by atoms with van der Waals surface area (Å²) in [6.45, 7) is 0. The van der Waals surface area contributed by atoms with E-state index in [9.17, 15) is 50.1 Å². The van der Waals surface area contributed by atoms with Crippen molar-refractivity contribution < 1.29 is 59.6 Å². The first kappa shape index (κ1) is 27.0. The first-order valence-corrected chi connectivity index (χ1v) is 10.8. The van der Waals surface area contributed by atoms with Crippen LogP contribution in [0.5, 0.6) is 23.0 Å². The number of carbonyl (C=O) groups excluding carboxylic acids is 2. The maximum atomic E-state index is 12.4. The van der Waals surface area contributed by atoms with E-state index in [0.717, 1.165) is 18.2 Å². The van der Waals surface area contributed by atoms with E-state index in [-0.39, 0.29) is 17.1 Å². The molecule has 4 atom stereocenters. The molecular formula is C25H24O12. The Morgan fingerprint density at radius 3 is 1.78 bits per heavy atom. The highest BCUT2D eigenvalue weighted by molar-refractivity contribution is 5.91. The minimum absolute atomic E-state index is 0.288. The molecule has 1 saturated carbocycles. The molecule has 0 aliphatic heterocycles. The molecule has 1 aliphatic carbocycles. The summed E-state index contributed by atoms with van der Waals surface area (Å²) in [7, 11) is 0. The van der Waals surface area contributed by atoms with Gasteiger partial charge in [-0.05, 0) is 47.5 Å². The van der Waals surface area contributed by atoms with Gasteiger partial charge >= 0.3 is 17.9 Å². The minimum Gasteiger partial charge on any atom is -0.504 e. The Bertz CT molecular complexity index is 1250. The van der Waals surface area contributed by atoms with E-state index in [0.29, 0.717) is 5.56 Å². The summed E-state index contributed by atoms with van der Waals surface area (Å²) >= 11 is 0. The van der Waals surface area contributed by atoms with E-state index in [4.69, 9.17) is 9.47 Å². The molecule has 0 saturated heterocycles. The second-order valence-electron chi connectivity index (χ2n) is 8.33. The van der Waals surface area contributed by atoms with E-state index < -0.39 is 66.2 Å². The molecule has 2 aromatic carbocycles. The number of ether oxygens (including phenoxy) is 2. The van der Waals surface area contributed by atoms with Crippen LogP contribution in [0, 0.1) is 0 Å². The van der Waals surface area contributed by atoms with Crippen LogP contribution in [0.4, 0.5) is 0 Å². The summed E-state index contributed by atoms with van der Waals surface area (Å²) in [5.41, 5.74) is -1.73. The lowest BCUT2D eigenvalue weighted by molar-refractivity contribution is -0.207. The number of hydrogen-bond donors (Lipinski definition) is 7. The highest BCUT2D eigenvalue weighted by atomic mass is 16.6. The number of phenols is 4. The smallest absolute Gasteiger partial charge is 0.348 e. The van der Waals surface area contributed by atoms with Crippen molar-refractivity contribution in [3.05, 3.63) is 59.7 Å². The van der Waals surface area contributed by atoms with Crippen LogP contribution in [0.3, 0.4) is 0 Å². The molecule has 0 aromatic heterocycles. The summed E-state index contributed by atoms with van der Waals surface area (Å²) in [4.78, 5) is 36.7. The summed E-state index contributed by atoms with van der Waals surface area (Å²) in [5.74, 6) is -5.41. The largest absolute Gasteiger partial charge is 0.504 e. The first-order chi connectivity index (χ1) is 17.4. The van der Waals surface area contributed by atoms with Gasteiger partial charge in [-0.15, -0.1) is 0 Å². The van der Waals surface area contributed by atoms with Crippen LogP contribution in [0.15, 0.2) is 48.6 Å². The fraction of sp³-hybridized carbons (Fsp3) is 0.240. The van der Waals surface area contributed by atoms with Gasteiger partial charge in [-0.25, -0.2) is 14.4 Å². The third-order valence-electron chi connectivity index (χ3n) is 5.62. The third-order valence-corrected chi connectivity index (χ3v) is 5.62. The van der Waals surface area contributed by atoms with Gasteiger partial charge in [0.1, 0.15) is 12.2 Å². The molecule has 0 heterocycles. The Labute approximate surface area is 209 Å². The number of aliphatic hydroxyl groups excluding tert-OH is 2. The van der Waals surface area contributed by atoms with Gasteiger partial charge in [0.25, 0.3) is 0 Å². The highest BCUT2D eigenvalue weighted by Gasteiger charge is 2.54. The van der Waals surface area contributed by atoms with Crippen molar-refractivity contribution in [2.75, 3.05) is 0 Å². The van der Waals surface area contributed by atoms with Gasteiger partial charge in [-0.2, -0.15) is 0 Å². The number of carboxylic acid groups (broad SMARTS) is 1. The van der Waals surface area contributed by atoms with Gasteiger partial charge in [-0.1, -0.05) is 12.1 Å². The highest BCUT2D eigenvalue weighted by Crippen LogP contribution is 2.35. The van der Waals surface area contributed by atoms with Crippen LogP contribution in [-0.4, -0.2) is 77.6 Å². The van der Waals surface area contributed by atoms with Crippen LogP contribution in [0.25, 0.3) is 12.2 Å². The summed E-state index contributed by atoms with van der Waals surface area (Å²) in [6.07, 6.45) is -2.09. The molecule has 1 fully saturated rings. The zero-order chi connectivity index (χ0) is 27.3. The number of carboxylic acids is 1. The molecular weight excluding hydrogens is 492 g/mol. The third kappa shape index (κ3) is 6.57. The molecule has 12 nitrogen and oxygen atoms in total. The number of rotatable bonds is 7. The fourth-order valence-corrected chi connectivity index (χ4v) is 3.68. The van der Waals surface area contributed by atoms with Crippen molar-refractivity contribution in [1.29, 1.82) is 0 Å². The van der Waals surface area contributed by atoms with Crippen molar-refractivity contribution in [2.45, 2.75) is 36.8 Å². The maximum absolute atomic E-state index is 12.4. The van der Waals surface area contributed by atoms with E-state index in [2.05, 4.69) is 0 Å². The van der Waals surface area contributed by atoms with Crippen LogP contribution < -0.4 is 0 Å². The molecule has 7 N–H and O–H groups in total. The topological polar surface area (TPSA) is 211 Å². The molecule has 37 heavy (non-hydrogen) atoms. The average molecular weight is 516 g/mol. The lowest BCUT2D eigenvalue weighted by atomic mass is 9.79. The molecule has 196 valence electrons. The van der Waals surface area contributed by atoms with E-state index >= 15 is 0 Å². The van der Waals surface area contributed by atoms with Gasteiger partial charge in [0.2, 0.25) is 5.60 Å². The van der Waals surface area contributed by atoms with Crippen molar-refractivity contribution in [2.24, 2.45) is 0 Å². The SMILES string of the molecule is O=C(C=Cc1ccc(O)c(O)c1)O[C@@H]1C[C@](OC(=O)C=Cc2ccc(O)c(O)c2)(C(=O)O)C[C@@H](O)[C@H]1O. The number of aliphatic hydroxyl groups is 2. The van der Waals surface area contributed by atoms with Crippen LogP contribution >= 0.6 is 0 Å². The standard InChI is InChI=1S/C25H24O12/c26-15-5-1-13(9-17(15)28)3-7-21(31)36-20-12-25(24(34)35,11-19(30)23(20)33)37-22(32)8-4-14-2-6-16(27)18(29)10-14/h1-10,19-20,23,26-30,33H,11-12H2,(H,34,35)/t19-,20-,23-,25+/m1/s1. The van der Waals surface area contributed by atoms with Crippen molar-refractivity contribution in [3.63, 3.8) is 0 Å². The normalized spacial score (nSPS) is 23.7. The molecule has 12 heteroatoms. The maximum Gasteiger partial charge on any atom is 0.348 e. The van der Waals surface area contributed by atoms with E-state index in [1.165, 1.54) is 42.5 Å². The zero-order valence-corrected chi connectivity index (χ0v) is 19.1. The Balaban J connectivity index is 1.73. The van der Waals surface area contributed by atoms with Crippen LogP contribution in [0.1, 0.15) is 24.0 Å². The van der Waals surface area contributed by atoms with E-state index in [1.54, 1.807) is 0 Å². The Kier molecular flexibility index (Phi) is 8.05. The monoisotopic (exact) mass is 516 g/mol. The first-order valence-electron chi connectivity index (χ1n) is 10.8. The summed E-state index contributed by atoms with van der Waals surface area (Å²) in [5, 5.41) is 68.0. The van der Waals surface area contributed by atoms with Gasteiger partial charge in [0, 0.05) is 25.0 Å². The molecule has 3 rings (SSSR count). The Morgan fingerprint density at radius 2 is 1.30 bits per heavy atom. The molecule has 2 aromatic rings. The van der Waals surface area contributed by atoms with Gasteiger partial charge < -0.3 is 45.2 Å². The zero-order valence-electron chi connectivity index (χ0n) is 19.1. The number of aromatic hydroxyl groups is 4. The number of esters is 2. The molecule has 0 bridgehead atoms. The van der Waals surface area contributed by atoms with Crippen molar-refractivity contribution >= 4 is 30.1 Å². The second-order valence-corrected chi connectivity index (χ2v) is 8.33. The lowest BCUT2D eigenvalue weighted by Gasteiger charge is -2.41. The fourth-order valence-electron chi connectivity index (χ4n) is 3.68. The summed E-state index contributed by atoms with van der Waals surface area (Å²) in [6, 6.07) is 7.44. The Morgan fingerprint density at radius 1 is 0.784 bits per heavy atom. The average Bonchev–Trinajstić information content (AvgIpc) is 2.83. The van der Waals surface area contributed by atoms with Crippen LogP contribution in [0.2, 0.25) is 0 Å². The molecule has 0 radical (unpaired) electrons. The van der Waals surface area contributed by atoms with Crippen LogP contribution in [-0.2, 0) is 23.9 Å². The molecule has 1 aliphatic rings. The number of hydrogen-bond acceptors (Lipinski definition) is 11. The minimum atomic E-state index is -2.34. The van der Waals surface area contributed by atoms with Gasteiger partial charge in [0.15, 0.2) is 23.0 Å². The Hall–Kier alpha value is -4.55. The number of phenolic OH excluding ortho intramolecular Hbond substituents is 4. The predicted molar refractivity (Wildman–Crippen MR) is 125 cm³/mol. The lowest BCUT2D eigenvalue weighted by Crippen LogP contribution is -2.58.